The second-order valence-corrected chi connectivity index (χ2v) is 13.4. The Kier molecular flexibility index (Phi) is 7.13. The average Bonchev–Trinajstić information content (AvgIpc) is 3.48. The summed E-state index contributed by atoms with van der Waals surface area (Å²) < 4.78 is 56.4. The quantitative estimate of drug-likeness (QED) is 0.407. The molecule has 1 saturated carbocycles. The van der Waals surface area contributed by atoms with Crippen LogP contribution in [0.3, 0.4) is 0 Å². The Hall–Kier alpha value is -3.32. The lowest BCUT2D eigenvalue weighted by Gasteiger charge is -2.35. The molecule has 0 unspecified atom stereocenters. The van der Waals surface area contributed by atoms with E-state index in [4.69, 9.17) is 10.1 Å². The molecule has 4 heterocycles. The van der Waals surface area contributed by atoms with E-state index in [0.29, 0.717) is 22.7 Å². The van der Waals surface area contributed by atoms with E-state index in [9.17, 15) is 17.2 Å². The number of alkyl halides is 2. The van der Waals surface area contributed by atoms with Gasteiger partial charge in [0, 0.05) is 56.5 Å². The maximum absolute atomic E-state index is 13.7. The highest BCUT2D eigenvalue weighted by atomic mass is 32.2. The van der Waals surface area contributed by atoms with Crippen LogP contribution in [0.5, 0.6) is 0 Å². The Labute approximate surface area is 238 Å². The standard InChI is InChI=1S/C28H35F2N7O3S/c1-20-16-23(33-26(32-20)36-12-8-28(29,30)9-13-36)21-18-31-37(19-21)24-3-2-22(34-41(39,40)15-14-38)17-25(24)35-10-6-27(4-5-27)7-11-35/h2-3,16-19,34,38H,4-15H2,1H3. The van der Waals surface area contributed by atoms with Crippen LogP contribution in [-0.4, -0.2) is 77.7 Å². The number of nitrogens with one attached hydrogen (secondary N) is 1. The Balaban J connectivity index is 1.30. The topological polar surface area (TPSA) is 116 Å². The van der Waals surface area contributed by atoms with Gasteiger partial charge in [-0.1, -0.05) is 0 Å². The minimum absolute atomic E-state index is 0.198. The number of rotatable bonds is 8. The summed E-state index contributed by atoms with van der Waals surface area (Å²) in [6.07, 6.45) is 7.90. The van der Waals surface area contributed by atoms with E-state index >= 15 is 0 Å². The van der Waals surface area contributed by atoms with E-state index in [1.807, 2.05) is 31.3 Å². The van der Waals surface area contributed by atoms with Crippen LogP contribution in [0.2, 0.25) is 0 Å². The molecular formula is C28H35F2N7O3S. The fourth-order valence-electron chi connectivity index (χ4n) is 5.75. The molecule has 41 heavy (non-hydrogen) atoms. The first-order valence-electron chi connectivity index (χ1n) is 14.1. The van der Waals surface area contributed by atoms with Crippen molar-refractivity contribution in [3.63, 3.8) is 0 Å². The lowest BCUT2D eigenvalue weighted by atomic mass is 9.93. The molecule has 6 rings (SSSR count). The number of aryl methyl sites for hydroxylation is 1. The summed E-state index contributed by atoms with van der Waals surface area (Å²) in [5.74, 6) is -2.59. The predicted molar refractivity (Wildman–Crippen MR) is 153 cm³/mol. The average molecular weight is 588 g/mol. The second-order valence-electron chi connectivity index (χ2n) is 11.5. The summed E-state index contributed by atoms with van der Waals surface area (Å²) in [5, 5.41) is 13.8. The summed E-state index contributed by atoms with van der Waals surface area (Å²) in [4.78, 5) is 13.3. The van der Waals surface area contributed by atoms with Crippen LogP contribution in [0.4, 0.5) is 26.1 Å². The van der Waals surface area contributed by atoms with Crippen molar-refractivity contribution in [1.82, 2.24) is 19.7 Å². The maximum Gasteiger partial charge on any atom is 0.251 e. The van der Waals surface area contributed by atoms with Crippen molar-refractivity contribution in [3.8, 4) is 16.9 Å². The molecular weight excluding hydrogens is 552 g/mol. The fourth-order valence-corrected chi connectivity index (χ4v) is 6.57. The molecule has 10 nitrogen and oxygen atoms in total. The smallest absolute Gasteiger partial charge is 0.251 e. The van der Waals surface area contributed by atoms with Gasteiger partial charge in [0.25, 0.3) is 5.92 Å². The van der Waals surface area contributed by atoms with Gasteiger partial charge in [-0.25, -0.2) is 31.8 Å². The molecule has 2 aliphatic heterocycles. The van der Waals surface area contributed by atoms with E-state index in [1.165, 1.54) is 12.8 Å². The number of benzene rings is 1. The van der Waals surface area contributed by atoms with Gasteiger partial charge in [0.1, 0.15) is 0 Å². The van der Waals surface area contributed by atoms with Crippen LogP contribution < -0.4 is 14.5 Å². The van der Waals surface area contributed by atoms with E-state index in [-0.39, 0.29) is 31.7 Å². The van der Waals surface area contributed by atoms with Crippen molar-refractivity contribution in [3.05, 3.63) is 42.4 Å². The summed E-state index contributed by atoms with van der Waals surface area (Å²) in [6.45, 7) is 3.54. The Morgan fingerprint density at radius 3 is 2.34 bits per heavy atom. The third-order valence-corrected chi connectivity index (χ3v) is 9.74. The number of halogens is 2. The van der Waals surface area contributed by atoms with Gasteiger partial charge in [-0.15, -0.1) is 0 Å². The molecule has 0 bridgehead atoms. The molecule has 0 amide bonds. The first-order chi connectivity index (χ1) is 19.5. The number of nitrogens with zero attached hydrogens (tertiary/aromatic N) is 6. The van der Waals surface area contributed by atoms with Gasteiger partial charge in [0.2, 0.25) is 16.0 Å². The molecule has 0 atom stereocenters. The van der Waals surface area contributed by atoms with Crippen molar-refractivity contribution in [2.45, 2.75) is 51.4 Å². The third-order valence-electron chi connectivity index (χ3n) is 8.48. The molecule has 1 aromatic carbocycles. The maximum atomic E-state index is 13.7. The van der Waals surface area contributed by atoms with Gasteiger partial charge in [-0.3, -0.25) is 4.72 Å². The first-order valence-corrected chi connectivity index (χ1v) is 15.7. The van der Waals surface area contributed by atoms with Gasteiger partial charge >= 0.3 is 0 Å². The van der Waals surface area contributed by atoms with Gasteiger partial charge in [-0.2, -0.15) is 5.10 Å². The van der Waals surface area contributed by atoms with Gasteiger partial charge < -0.3 is 14.9 Å². The summed E-state index contributed by atoms with van der Waals surface area (Å²) in [5.41, 5.74) is 4.72. The number of piperidine rings is 2. The summed E-state index contributed by atoms with van der Waals surface area (Å²) >= 11 is 0. The number of aliphatic hydroxyl groups is 1. The van der Waals surface area contributed by atoms with Crippen LogP contribution in [0.25, 0.3) is 16.9 Å². The zero-order valence-corrected chi connectivity index (χ0v) is 23.9. The number of hydrogen-bond acceptors (Lipinski definition) is 8. The molecule has 1 spiro atoms. The van der Waals surface area contributed by atoms with Crippen LogP contribution >= 0.6 is 0 Å². The number of hydrogen-bond donors (Lipinski definition) is 2. The zero-order chi connectivity index (χ0) is 28.8. The third kappa shape index (κ3) is 6.15. The second kappa shape index (κ2) is 10.5. The Morgan fingerprint density at radius 1 is 0.951 bits per heavy atom. The zero-order valence-electron chi connectivity index (χ0n) is 23.1. The lowest BCUT2D eigenvalue weighted by Crippen LogP contribution is -2.40. The van der Waals surface area contributed by atoms with E-state index < -0.39 is 22.6 Å². The number of sulfonamides is 1. The number of aliphatic hydroxyl groups excluding tert-OH is 1. The van der Waals surface area contributed by atoms with Crippen LogP contribution in [0.15, 0.2) is 36.7 Å². The van der Waals surface area contributed by atoms with Gasteiger partial charge in [0.05, 0.1) is 41.3 Å². The molecule has 3 fully saturated rings. The largest absolute Gasteiger partial charge is 0.395 e. The minimum Gasteiger partial charge on any atom is -0.395 e. The Morgan fingerprint density at radius 2 is 1.66 bits per heavy atom. The van der Waals surface area contributed by atoms with Crippen molar-refractivity contribution < 1.29 is 22.3 Å². The minimum atomic E-state index is -3.67. The normalized spacial score (nSPS) is 19.9. The van der Waals surface area contributed by atoms with Crippen molar-refractivity contribution in [1.29, 1.82) is 0 Å². The van der Waals surface area contributed by atoms with Gasteiger partial charge in [-0.05, 0) is 62.3 Å². The van der Waals surface area contributed by atoms with Crippen LogP contribution in [0.1, 0.15) is 44.2 Å². The van der Waals surface area contributed by atoms with Gasteiger partial charge in [0.15, 0.2) is 0 Å². The van der Waals surface area contributed by atoms with E-state index in [0.717, 1.165) is 48.6 Å². The summed E-state index contributed by atoms with van der Waals surface area (Å²) in [7, 11) is -3.67. The van der Waals surface area contributed by atoms with Crippen LogP contribution in [-0.2, 0) is 10.0 Å². The number of anilines is 3. The lowest BCUT2D eigenvalue weighted by molar-refractivity contribution is -0.0222. The Bertz CT molecular complexity index is 1520. The molecule has 0 radical (unpaired) electrons. The highest BCUT2D eigenvalue weighted by Gasteiger charge is 2.44. The SMILES string of the molecule is Cc1cc(-c2cnn(-c3ccc(NS(=O)(=O)CCO)cc3N3CCC4(CC3)CC4)c2)nc(N2CCC(F)(F)CC2)n1. The number of aromatic nitrogens is 4. The molecule has 2 saturated heterocycles. The summed E-state index contributed by atoms with van der Waals surface area (Å²) in [6, 6.07) is 7.22. The highest BCUT2D eigenvalue weighted by Crippen LogP contribution is 2.54. The molecule has 3 aliphatic rings. The molecule has 1 aliphatic carbocycles. The predicted octanol–water partition coefficient (Wildman–Crippen LogP) is 3.99. The first kappa shape index (κ1) is 27.8. The van der Waals surface area contributed by atoms with Crippen LogP contribution in [0, 0.1) is 12.3 Å². The highest BCUT2D eigenvalue weighted by molar-refractivity contribution is 7.92. The molecule has 2 aromatic heterocycles. The molecule has 13 heteroatoms. The molecule has 220 valence electrons. The molecule has 2 N–H and O–H groups in total. The monoisotopic (exact) mass is 587 g/mol. The van der Waals surface area contributed by atoms with Crippen molar-refractivity contribution in [2.75, 3.05) is 53.1 Å². The van der Waals surface area contributed by atoms with Crippen molar-refractivity contribution in [2.24, 2.45) is 5.41 Å². The molecule has 3 aromatic rings. The fraction of sp³-hybridized carbons (Fsp3) is 0.536. The van der Waals surface area contributed by atoms with E-state index in [1.54, 1.807) is 21.8 Å². The van der Waals surface area contributed by atoms with E-state index in [2.05, 4.69) is 19.7 Å². The van der Waals surface area contributed by atoms with Crippen molar-refractivity contribution >= 4 is 27.3 Å².